The molecule has 4 heteroatoms. The molecule has 3 rings (SSSR count). The molecule has 2 aromatic carbocycles. The summed E-state index contributed by atoms with van der Waals surface area (Å²) in [5.41, 5.74) is 2.55. The molecule has 0 aliphatic carbocycles. The molecule has 0 spiro atoms. The lowest BCUT2D eigenvalue weighted by Crippen LogP contribution is -1.80. The van der Waals surface area contributed by atoms with Crippen LogP contribution in [0.3, 0.4) is 0 Å². The highest BCUT2D eigenvalue weighted by atomic mass is 79.9. The van der Waals surface area contributed by atoms with E-state index in [1.807, 2.05) is 66.7 Å². The number of hydrogen-bond acceptors (Lipinski definition) is 3. The minimum atomic E-state index is 0.556. The predicted octanol–water partition coefficient (Wildman–Crippen LogP) is 5.64. The van der Waals surface area contributed by atoms with E-state index in [1.165, 1.54) is 11.3 Å². The molecular weight excluding hydrogens is 356 g/mol. The number of thiazole rings is 1. The number of hydrogen-bond donors (Lipinski definition) is 0. The molecule has 0 radical (unpaired) electrons. The van der Waals surface area contributed by atoms with Gasteiger partial charge >= 0.3 is 0 Å². The SMILES string of the molecule is N#C/C(=C\C(Br)=C\c1ccccc1)c1nc2ccccc2s1. The number of halogens is 1. The Hall–Kier alpha value is -2.22. The van der Waals surface area contributed by atoms with Gasteiger partial charge in [0.1, 0.15) is 11.1 Å². The molecule has 1 aromatic heterocycles. The van der Waals surface area contributed by atoms with Gasteiger partial charge in [-0.25, -0.2) is 4.98 Å². The van der Waals surface area contributed by atoms with Gasteiger partial charge in [0.2, 0.25) is 0 Å². The van der Waals surface area contributed by atoms with Gasteiger partial charge in [0.25, 0.3) is 0 Å². The molecule has 0 atom stereocenters. The summed E-state index contributed by atoms with van der Waals surface area (Å²) >= 11 is 5.04. The zero-order valence-corrected chi connectivity index (χ0v) is 13.9. The maximum absolute atomic E-state index is 9.42. The molecule has 0 N–H and O–H groups in total. The normalized spacial score (nSPS) is 12.4. The Morgan fingerprint density at radius 1 is 1.09 bits per heavy atom. The summed E-state index contributed by atoms with van der Waals surface area (Å²) < 4.78 is 1.93. The number of rotatable bonds is 3. The van der Waals surface area contributed by atoms with Crippen LogP contribution in [0.5, 0.6) is 0 Å². The van der Waals surface area contributed by atoms with Crippen LogP contribution >= 0.6 is 27.3 Å². The molecule has 0 aliphatic rings. The topological polar surface area (TPSA) is 36.7 Å². The minimum Gasteiger partial charge on any atom is -0.235 e. The standard InChI is InChI=1S/C18H11BrN2S/c19-15(10-13-6-2-1-3-7-13)11-14(12-20)18-21-16-8-4-5-9-17(16)22-18/h1-11H/b14-11+,15-10-. The maximum atomic E-state index is 9.42. The van der Waals surface area contributed by atoms with Crippen LogP contribution in [0.4, 0.5) is 0 Å². The quantitative estimate of drug-likeness (QED) is 0.444. The number of para-hydroxylation sites is 1. The van der Waals surface area contributed by atoms with E-state index in [4.69, 9.17) is 0 Å². The number of nitriles is 1. The Kier molecular flexibility index (Phi) is 4.47. The summed E-state index contributed by atoms with van der Waals surface area (Å²) in [6.45, 7) is 0. The third-order valence-electron chi connectivity index (χ3n) is 3.03. The van der Waals surface area contributed by atoms with Crippen molar-refractivity contribution in [2.75, 3.05) is 0 Å². The molecule has 2 nitrogen and oxygen atoms in total. The molecule has 1 heterocycles. The second-order valence-corrected chi connectivity index (χ2v) is 6.54. The predicted molar refractivity (Wildman–Crippen MR) is 96.6 cm³/mol. The van der Waals surface area contributed by atoms with E-state index in [0.717, 1.165) is 25.3 Å². The molecule has 106 valence electrons. The van der Waals surface area contributed by atoms with E-state index >= 15 is 0 Å². The van der Waals surface area contributed by atoms with Crippen molar-refractivity contribution in [3.63, 3.8) is 0 Å². The monoisotopic (exact) mass is 366 g/mol. The van der Waals surface area contributed by atoms with Crippen molar-refractivity contribution in [3.05, 3.63) is 75.7 Å². The fourth-order valence-corrected chi connectivity index (χ4v) is 3.44. The van der Waals surface area contributed by atoms with Crippen LogP contribution in [0, 0.1) is 11.3 Å². The highest BCUT2D eigenvalue weighted by Gasteiger charge is 2.08. The highest BCUT2D eigenvalue weighted by molar-refractivity contribution is 9.12. The molecular formula is C18H11BrN2S. The van der Waals surface area contributed by atoms with E-state index in [1.54, 1.807) is 0 Å². The van der Waals surface area contributed by atoms with Gasteiger partial charge in [-0.1, -0.05) is 58.4 Å². The third kappa shape index (κ3) is 3.33. The fraction of sp³-hybridized carbons (Fsp3) is 0. The summed E-state index contributed by atoms with van der Waals surface area (Å²) in [6.07, 6.45) is 3.79. The van der Waals surface area contributed by atoms with Crippen molar-refractivity contribution >= 4 is 49.1 Å². The molecule has 0 bridgehead atoms. The first kappa shape index (κ1) is 14.7. The van der Waals surface area contributed by atoms with Crippen LogP contribution in [-0.4, -0.2) is 4.98 Å². The first-order valence-corrected chi connectivity index (χ1v) is 8.27. The van der Waals surface area contributed by atoms with E-state index in [9.17, 15) is 5.26 Å². The lowest BCUT2D eigenvalue weighted by Gasteiger charge is -1.95. The first-order valence-electron chi connectivity index (χ1n) is 6.66. The number of aromatic nitrogens is 1. The van der Waals surface area contributed by atoms with Gasteiger partial charge in [0.15, 0.2) is 0 Å². The van der Waals surface area contributed by atoms with Crippen molar-refractivity contribution in [1.29, 1.82) is 5.26 Å². The van der Waals surface area contributed by atoms with Crippen LogP contribution in [-0.2, 0) is 0 Å². The van der Waals surface area contributed by atoms with E-state index in [2.05, 4.69) is 27.0 Å². The Labute approximate surface area is 141 Å². The van der Waals surface area contributed by atoms with Gasteiger partial charge < -0.3 is 0 Å². The Balaban J connectivity index is 1.96. The zero-order valence-electron chi connectivity index (χ0n) is 11.5. The number of benzene rings is 2. The van der Waals surface area contributed by atoms with Gasteiger partial charge in [-0.3, -0.25) is 0 Å². The van der Waals surface area contributed by atoms with Crippen molar-refractivity contribution in [2.24, 2.45) is 0 Å². The van der Waals surface area contributed by atoms with Crippen LogP contribution in [0.25, 0.3) is 21.9 Å². The minimum absolute atomic E-state index is 0.556. The van der Waals surface area contributed by atoms with Crippen molar-refractivity contribution in [3.8, 4) is 6.07 Å². The van der Waals surface area contributed by atoms with Crippen molar-refractivity contribution in [2.45, 2.75) is 0 Å². The summed E-state index contributed by atoms with van der Waals surface area (Å²) in [6, 6.07) is 20.1. The van der Waals surface area contributed by atoms with Gasteiger partial charge in [-0.15, -0.1) is 11.3 Å². The van der Waals surface area contributed by atoms with Crippen LogP contribution in [0.1, 0.15) is 10.6 Å². The molecule has 0 fully saturated rings. The molecule has 0 unspecified atom stereocenters. The molecule has 0 saturated heterocycles. The maximum Gasteiger partial charge on any atom is 0.135 e. The fourth-order valence-electron chi connectivity index (χ4n) is 2.02. The largest absolute Gasteiger partial charge is 0.235 e. The van der Waals surface area contributed by atoms with Crippen LogP contribution < -0.4 is 0 Å². The summed E-state index contributed by atoms with van der Waals surface area (Å²) in [4.78, 5) is 4.52. The van der Waals surface area contributed by atoms with Gasteiger partial charge in [-0.2, -0.15) is 5.26 Å². The average Bonchev–Trinajstić information content (AvgIpc) is 2.97. The van der Waals surface area contributed by atoms with Gasteiger partial charge in [-0.05, 0) is 29.8 Å². The molecule has 0 amide bonds. The van der Waals surface area contributed by atoms with Gasteiger partial charge in [0.05, 0.1) is 15.8 Å². The van der Waals surface area contributed by atoms with E-state index < -0.39 is 0 Å². The summed E-state index contributed by atoms with van der Waals surface area (Å²) in [5.74, 6) is 0. The Bertz CT molecular complexity index is 868. The van der Waals surface area contributed by atoms with Crippen LogP contribution in [0.2, 0.25) is 0 Å². The van der Waals surface area contributed by atoms with E-state index in [0.29, 0.717) is 5.57 Å². The molecule has 0 saturated carbocycles. The van der Waals surface area contributed by atoms with Crippen molar-refractivity contribution < 1.29 is 0 Å². The Morgan fingerprint density at radius 2 is 1.82 bits per heavy atom. The highest BCUT2D eigenvalue weighted by Crippen LogP contribution is 2.28. The number of fused-ring (bicyclic) bond motifs is 1. The first-order chi connectivity index (χ1) is 10.8. The van der Waals surface area contributed by atoms with E-state index in [-0.39, 0.29) is 0 Å². The smallest absolute Gasteiger partial charge is 0.135 e. The van der Waals surface area contributed by atoms with Crippen LogP contribution in [0.15, 0.2) is 65.2 Å². The second kappa shape index (κ2) is 6.69. The number of allylic oxidation sites excluding steroid dienone is 3. The lowest BCUT2D eigenvalue weighted by atomic mass is 10.2. The van der Waals surface area contributed by atoms with Crippen molar-refractivity contribution in [1.82, 2.24) is 4.98 Å². The average molecular weight is 367 g/mol. The Morgan fingerprint density at radius 3 is 2.55 bits per heavy atom. The molecule has 22 heavy (non-hydrogen) atoms. The summed E-state index contributed by atoms with van der Waals surface area (Å²) in [7, 11) is 0. The lowest BCUT2D eigenvalue weighted by molar-refractivity contribution is 1.43. The molecule has 0 aliphatic heterocycles. The number of nitrogens with zero attached hydrogens (tertiary/aromatic N) is 2. The second-order valence-electron chi connectivity index (χ2n) is 4.60. The zero-order chi connectivity index (χ0) is 15.4. The third-order valence-corrected chi connectivity index (χ3v) is 4.56. The summed E-state index contributed by atoms with van der Waals surface area (Å²) in [5, 5.41) is 10.2. The molecule has 3 aromatic rings. The van der Waals surface area contributed by atoms with Gasteiger partial charge in [0, 0.05) is 4.48 Å².